The first-order valence-electron chi connectivity index (χ1n) is 10.2. The van der Waals surface area contributed by atoms with Gasteiger partial charge in [0, 0.05) is 31.0 Å². The molecule has 154 valence electrons. The van der Waals surface area contributed by atoms with Crippen LogP contribution in [0.25, 0.3) is 0 Å². The van der Waals surface area contributed by atoms with Gasteiger partial charge in [0.05, 0.1) is 12.3 Å². The van der Waals surface area contributed by atoms with Gasteiger partial charge < -0.3 is 19.8 Å². The summed E-state index contributed by atoms with van der Waals surface area (Å²) >= 11 is 0. The van der Waals surface area contributed by atoms with E-state index in [1.54, 1.807) is 6.20 Å². The molecule has 1 aromatic heterocycles. The Hall–Kier alpha value is -1.56. The largest absolute Gasteiger partial charge is 0.443 e. The van der Waals surface area contributed by atoms with Gasteiger partial charge in [-0.25, -0.2) is 9.98 Å². The second-order valence-electron chi connectivity index (χ2n) is 9.50. The molecule has 0 aromatic carbocycles. The highest BCUT2D eigenvalue weighted by molar-refractivity contribution is 5.79. The van der Waals surface area contributed by atoms with Crippen molar-refractivity contribution in [1.29, 1.82) is 0 Å². The lowest BCUT2D eigenvalue weighted by Gasteiger charge is -2.40. The standard InChI is InChI=1S/C21H38N4O2/c1-8-22-19(25-14-17-23-13-16(27-17)20(2,3)4)24-12-15-10-9-11-26-18(15)21(5,6)7/h13,15,18H,8-12,14H2,1-7H3,(H2,22,24,25). The van der Waals surface area contributed by atoms with E-state index in [-0.39, 0.29) is 16.9 Å². The lowest BCUT2D eigenvalue weighted by molar-refractivity contribution is -0.0835. The lowest BCUT2D eigenvalue weighted by atomic mass is 9.78. The molecule has 2 heterocycles. The smallest absolute Gasteiger partial charge is 0.216 e. The molecule has 0 spiro atoms. The Morgan fingerprint density at radius 3 is 2.56 bits per heavy atom. The van der Waals surface area contributed by atoms with Crippen LogP contribution in [0.4, 0.5) is 0 Å². The van der Waals surface area contributed by atoms with Gasteiger partial charge in [0.25, 0.3) is 0 Å². The van der Waals surface area contributed by atoms with Crippen molar-refractivity contribution in [1.82, 2.24) is 15.6 Å². The summed E-state index contributed by atoms with van der Waals surface area (Å²) in [6.45, 7) is 18.1. The Labute approximate surface area is 164 Å². The molecular formula is C21H38N4O2. The van der Waals surface area contributed by atoms with Gasteiger partial charge in [-0.2, -0.15) is 0 Å². The van der Waals surface area contributed by atoms with Crippen LogP contribution in [0.3, 0.4) is 0 Å². The number of ether oxygens (including phenoxy) is 1. The highest BCUT2D eigenvalue weighted by Gasteiger charge is 2.35. The van der Waals surface area contributed by atoms with Crippen molar-refractivity contribution in [3.63, 3.8) is 0 Å². The normalized spacial score (nSPS) is 22.0. The Morgan fingerprint density at radius 1 is 1.22 bits per heavy atom. The van der Waals surface area contributed by atoms with Gasteiger partial charge in [-0.15, -0.1) is 0 Å². The fourth-order valence-electron chi connectivity index (χ4n) is 3.46. The van der Waals surface area contributed by atoms with E-state index in [1.165, 1.54) is 6.42 Å². The van der Waals surface area contributed by atoms with E-state index in [2.05, 4.69) is 69.1 Å². The van der Waals surface area contributed by atoms with Gasteiger partial charge in [0.2, 0.25) is 5.89 Å². The molecule has 6 nitrogen and oxygen atoms in total. The third kappa shape index (κ3) is 6.52. The average Bonchev–Trinajstić information content (AvgIpc) is 3.06. The zero-order valence-corrected chi connectivity index (χ0v) is 18.2. The van der Waals surface area contributed by atoms with E-state index in [1.807, 2.05) is 0 Å². The SMILES string of the molecule is CCNC(=NCc1ncc(C(C)(C)C)o1)NCC1CCCOC1C(C)(C)C. The summed E-state index contributed by atoms with van der Waals surface area (Å²) < 4.78 is 11.9. The minimum Gasteiger partial charge on any atom is -0.443 e. The number of aliphatic imine (C=N–C) groups is 1. The molecule has 27 heavy (non-hydrogen) atoms. The second kappa shape index (κ2) is 9.09. The third-order valence-corrected chi connectivity index (χ3v) is 4.84. The molecule has 0 aliphatic carbocycles. The first-order chi connectivity index (χ1) is 12.6. The van der Waals surface area contributed by atoms with Crippen LogP contribution in [-0.2, 0) is 16.7 Å². The van der Waals surface area contributed by atoms with Crippen LogP contribution in [0.2, 0.25) is 0 Å². The topological polar surface area (TPSA) is 71.7 Å². The van der Waals surface area contributed by atoms with Crippen molar-refractivity contribution in [2.24, 2.45) is 16.3 Å². The summed E-state index contributed by atoms with van der Waals surface area (Å²) in [4.78, 5) is 9.01. The van der Waals surface area contributed by atoms with Crippen LogP contribution >= 0.6 is 0 Å². The van der Waals surface area contributed by atoms with Gasteiger partial charge in [-0.3, -0.25) is 0 Å². The number of nitrogens with zero attached hydrogens (tertiary/aromatic N) is 2. The monoisotopic (exact) mass is 378 g/mol. The van der Waals surface area contributed by atoms with Crippen molar-refractivity contribution in [3.8, 4) is 0 Å². The summed E-state index contributed by atoms with van der Waals surface area (Å²) in [5.41, 5.74) is 0.102. The molecule has 1 aromatic rings. The van der Waals surface area contributed by atoms with Gasteiger partial charge >= 0.3 is 0 Å². The molecular weight excluding hydrogens is 340 g/mol. The molecule has 1 aliphatic rings. The maximum Gasteiger partial charge on any atom is 0.216 e. The molecule has 0 amide bonds. The van der Waals surface area contributed by atoms with E-state index in [9.17, 15) is 0 Å². The second-order valence-corrected chi connectivity index (χ2v) is 9.50. The summed E-state index contributed by atoms with van der Waals surface area (Å²) in [5.74, 6) is 2.81. The zero-order valence-electron chi connectivity index (χ0n) is 18.2. The summed E-state index contributed by atoms with van der Waals surface area (Å²) in [6.07, 6.45) is 4.38. The van der Waals surface area contributed by atoms with E-state index in [0.29, 0.717) is 18.4 Å². The number of hydrogen-bond donors (Lipinski definition) is 2. The molecule has 1 aliphatic heterocycles. The van der Waals surface area contributed by atoms with Gasteiger partial charge in [-0.05, 0) is 25.2 Å². The quantitative estimate of drug-likeness (QED) is 0.601. The fraction of sp³-hybridized carbons (Fsp3) is 0.810. The molecule has 2 N–H and O–H groups in total. The predicted octanol–water partition coefficient (Wildman–Crippen LogP) is 3.87. The summed E-state index contributed by atoms with van der Waals surface area (Å²) in [5, 5.41) is 6.80. The molecule has 2 atom stereocenters. The van der Waals surface area contributed by atoms with Crippen molar-refractivity contribution in [3.05, 3.63) is 17.8 Å². The first-order valence-corrected chi connectivity index (χ1v) is 10.2. The minimum absolute atomic E-state index is 0.0410. The predicted molar refractivity (Wildman–Crippen MR) is 110 cm³/mol. The van der Waals surface area contributed by atoms with Gasteiger partial charge in [0.1, 0.15) is 12.3 Å². The van der Waals surface area contributed by atoms with E-state index in [4.69, 9.17) is 9.15 Å². The zero-order chi connectivity index (χ0) is 20.1. The van der Waals surface area contributed by atoms with Crippen molar-refractivity contribution in [2.45, 2.75) is 79.4 Å². The summed E-state index contributed by atoms with van der Waals surface area (Å²) in [6, 6.07) is 0. The number of aromatic nitrogens is 1. The molecule has 0 saturated carbocycles. The molecule has 2 unspecified atom stereocenters. The molecule has 0 bridgehead atoms. The van der Waals surface area contributed by atoms with Crippen molar-refractivity contribution >= 4 is 5.96 Å². The van der Waals surface area contributed by atoms with Crippen LogP contribution in [0.15, 0.2) is 15.6 Å². The number of guanidine groups is 1. The van der Waals surface area contributed by atoms with Crippen LogP contribution in [0.5, 0.6) is 0 Å². The van der Waals surface area contributed by atoms with E-state index < -0.39 is 0 Å². The Kier molecular flexibility index (Phi) is 7.32. The number of hydrogen-bond acceptors (Lipinski definition) is 4. The van der Waals surface area contributed by atoms with E-state index in [0.717, 1.165) is 37.8 Å². The first kappa shape index (κ1) is 21.7. The fourth-order valence-corrected chi connectivity index (χ4v) is 3.46. The molecule has 1 saturated heterocycles. The van der Waals surface area contributed by atoms with Crippen molar-refractivity contribution in [2.75, 3.05) is 19.7 Å². The molecule has 1 fully saturated rings. The molecule has 6 heteroatoms. The van der Waals surface area contributed by atoms with Gasteiger partial charge in [0.15, 0.2) is 5.96 Å². The number of nitrogens with one attached hydrogen (secondary N) is 2. The van der Waals surface area contributed by atoms with Crippen LogP contribution in [0.1, 0.15) is 73.0 Å². The molecule has 0 radical (unpaired) electrons. The Morgan fingerprint density at radius 2 is 1.96 bits per heavy atom. The Balaban J connectivity index is 1.98. The maximum absolute atomic E-state index is 6.09. The third-order valence-electron chi connectivity index (χ3n) is 4.84. The lowest BCUT2D eigenvalue weighted by Crippen LogP contribution is -2.47. The average molecular weight is 379 g/mol. The number of oxazole rings is 1. The highest BCUT2D eigenvalue weighted by atomic mass is 16.5. The summed E-state index contributed by atoms with van der Waals surface area (Å²) in [7, 11) is 0. The van der Waals surface area contributed by atoms with Gasteiger partial charge in [-0.1, -0.05) is 41.5 Å². The number of rotatable bonds is 5. The Bertz CT molecular complexity index is 610. The molecule has 2 rings (SSSR count). The van der Waals surface area contributed by atoms with Crippen molar-refractivity contribution < 1.29 is 9.15 Å². The van der Waals surface area contributed by atoms with Crippen LogP contribution in [0, 0.1) is 11.3 Å². The van der Waals surface area contributed by atoms with Crippen LogP contribution < -0.4 is 10.6 Å². The maximum atomic E-state index is 6.09. The van der Waals surface area contributed by atoms with E-state index >= 15 is 0 Å². The minimum atomic E-state index is -0.0410. The van der Waals surface area contributed by atoms with Crippen LogP contribution in [-0.4, -0.2) is 36.7 Å². The highest BCUT2D eigenvalue weighted by Crippen LogP contribution is 2.33.